The van der Waals surface area contributed by atoms with Crippen molar-refractivity contribution in [1.29, 1.82) is 0 Å². The molecule has 1 aromatic carbocycles. The zero-order valence-electron chi connectivity index (χ0n) is 16.7. The number of anilines is 1. The fraction of sp³-hybridized carbons (Fsp3) is 0.421. The Bertz CT molecular complexity index is 1010. The Morgan fingerprint density at radius 3 is 2.30 bits per heavy atom. The Morgan fingerprint density at radius 2 is 1.73 bits per heavy atom. The number of amides is 2. The number of carbonyl (C=O) groups is 2. The van der Waals surface area contributed by atoms with Crippen LogP contribution in [0, 0.1) is 19.7 Å². The highest BCUT2D eigenvalue weighted by molar-refractivity contribution is 7.89. The number of piperazine rings is 1. The average Bonchev–Trinajstić information content (AvgIpc) is 3.03. The van der Waals surface area contributed by atoms with E-state index in [1.807, 2.05) is 13.8 Å². The monoisotopic (exact) mass is 454 g/mol. The molecule has 0 saturated carbocycles. The largest absolute Gasteiger partial charge is 0.340 e. The Balaban J connectivity index is 1.48. The summed E-state index contributed by atoms with van der Waals surface area (Å²) in [4.78, 5) is 31.3. The van der Waals surface area contributed by atoms with Crippen LogP contribution in [0.1, 0.15) is 23.4 Å². The zero-order chi connectivity index (χ0) is 21.9. The van der Waals surface area contributed by atoms with Crippen LogP contribution in [-0.2, 0) is 19.6 Å². The molecule has 0 spiro atoms. The summed E-state index contributed by atoms with van der Waals surface area (Å²) in [6.45, 7) is 4.56. The highest BCUT2D eigenvalue weighted by Gasteiger charge is 2.30. The van der Waals surface area contributed by atoms with Gasteiger partial charge in [-0.2, -0.15) is 4.31 Å². The summed E-state index contributed by atoms with van der Waals surface area (Å²) in [5.74, 6) is -0.987. The fourth-order valence-electron chi connectivity index (χ4n) is 3.02. The molecule has 8 nitrogen and oxygen atoms in total. The number of sulfonamides is 1. The van der Waals surface area contributed by atoms with Crippen molar-refractivity contribution < 1.29 is 22.4 Å². The lowest BCUT2D eigenvalue weighted by molar-refractivity contribution is -0.133. The first kappa shape index (κ1) is 22.3. The molecule has 2 heterocycles. The van der Waals surface area contributed by atoms with Gasteiger partial charge in [-0.15, -0.1) is 11.3 Å². The molecule has 1 N–H and O–H groups in total. The Morgan fingerprint density at radius 1 is 1.10 bits per heavy atom. The van der Waals surface area contributed by atoms with Gasteiger partial charge in [-0.1, -0.05) is 0 Å². The van der Waals surface area contributed by atoms with E-state index in [2.05, 4.69) is 10.3 Å². The van der Waals surface area contributed by atoms with E-state index in [-0.39, 0.29) is 55.7 Å². The van der Waals surface area contributed by atoms with Gasteiger partial charge in [0.1, 0.15) is 5.82 Å². The third kappa shape index (κ3) is 5.21. The molecule has 2 amide bonds. The number of aromatic nitrogens is 1. The molecule has 0 bridgehead atoms. The molecular formula is C19H23FN4O4S2. The lowest BCUT2D eigenvalue weighted by Crippen LogP contribution is -2.50. The van der Waals surface area contributed by atoms with Gasteiger partial charge in [0.15, 0.2) is 5.13 Å². The molecule has 1 aliphatic rings. The number of benzene rings is 1. The van der Waals surface area contributed by atoms with Gasteiger partial charge in [0, 0.05) is 43.9 Å². The van der Waals surface area contributed by atoms with Crippen LogP contribution in [0.3, 0.4) is 0 Å². The van der Waals surface area contributed by atoms with Crippen LogP contribution < -0.4 is 5.32 Å². The fourth-order valence-corrected chi connectivity index (χ4v) is 5.27. The molecule has 11 heteroatoms. The second kappa shape index (κ2) is 9.19. The van der Waals surface area contributed by atoms with Crippen LogP contribution in [-0.4, -0.2) is 60.6 Å². The first-order valence-electron chi connectivity index (χ1n) is 9.44. The predicted molar refractivity (Wildman–Crippen MR) is 111 cm³/mol. The van der Waals surface area contributed by atoms with Gasteiger partial charge in [-0.3, -0.25) is 9.59 Å². The number of nitrogens with one attached hydrogen (secondary N) is 1. The third-order valence-electron chi connectivity index (χ3n) is 4.88. The molecule has 1 aliphatic heterocycles. The summed E-state index contributed by atoms with van der Waals surface area (Å²) in [6, 6.07) is 4.66. The van der Waals surface area contributed by atoms with E-state index in [0.717, 1.165) is 22.7 Å². The Labute approximate surface area is 178 Å². The summed E-state index contributed by atoms with van der Waals surface area (Å²) >= 11 is 1.38. The van der Waals surface area contributed by atoms with Crippen molar-refractivity contribution in [2.75, 3.05) is 31.5 Å². The molecule has 2 aromatic rings. The number of halogens is 1. The van der Waals surface area contributed by atoms with Crippen LogP contribution >= 0.6 is 11.3 Å². The lowest BCUT2D eigenvalue weighted by Gasteiger charge is -2.34. The van der Waals surface area contributed by atoms with Crippen molar-refractivity contribution in [3.05, 3.63) is 40.7 Å². The number of rotatable bonds is 6. The van der Waals surface area contributed by atoms with Crippen LogP contribution in [0.2, 0.25) is 0 Å². The van der Waals surface area contributed by atoms with Crippen molar-refractivity contribution in [1.82, 2.24) is 14.2 Å². The number of hydrogen-bond donors (Lipinski definition) is 1. The van der Waals surface area contributed by atoms with E-state index < -0.39 is 15.8 Å². The maximum Gasteiger partial charge on any atom is 0.243 e. The first-order valence-corrected chi connectivity index (χ1v) is 11.7. The van der Waals surface area contributed by atoms with E-state index in [0.29, 0.717) is 5.13 Å². The van der Waals surface area contributed by atoms with E-state index in [1.165, 1.54) is 27.8 Å². The number of hydrogen-bond acceptors (Lipinski definition) is 6. The first-order chi connectivity index (χ1) is 14.2. The molecule has 30 heavy (non-hydrogen) atoms. The van der Waals surface area contributed by atoms with Crippen molar-refractivity contribution >= 4 is 38.3 Å². The van der Waals surface area contributed by atoms with E-state index in [4.69, 9.17) is 0 Å². The molecule has 162 valence electrons. The van der Waals surface area contributed by atoms with Gasteiger partial charge < -0.3 is 10.2 Å². The highest BCUT2D eigenvalue weighted by Crippen LogP contribution is 2.21. The minimum atomic E-state index is -3.73. The lowest BCUT2D eigenvalue weighted by atomic mass is 10.2. The predicted octanol–water partition coefficient (Wildman–Crippen LogP) is 2.15. The minimum Gasteiger partial charge on any atom is -0.340 e. The molecular weight excluding hydrogens is 431 g/mol. The van der Waals surface area contributed by atoms with Gasteiger partial charge in [0.25, 0.3) is 0 Å². The van der Waals surface area contributed by atoms with Gasteiger partial charge in [-0.05, 0) is 38.1 Å². The summed E-state index contributed by atoms with van der Waals surface area (Å²) in [7, 11) is -3.73. The summed E-state index contributed by atoms with van der Waals surface area (Å²) in [5, 5.41) is 3.21. The smallest absolute Gasteiger partial charge is 0.243 e. The van der Waals surface area contributed by atoms with Crippen molar-refractivity contribution in [2.24, 2.45) is 0 Å². The van der Waals surface area contributed by atoms with Gasteiger partial charge >= 0.3 is 0 Å². The summed E-state index contributed by atoms with van der Waals surface area (Å²) in [6.07, 6.45) is 0.0739. The SMILES string of the molecule is Cc1nc(NC(=O)CCC(=O)N2CCN(S(=O)(=O)c3ccc(F)cc3)CC2)sc1C. The molecule has 0 unspecified atom stereocenters. The number of nitrogens with zero attached hydrogens (tertiary/aromatic N) is 3. The van der Waals surface area contributed by atoms with Gasteiger partial charge in [-0.25, -0.2) is 17.8 Å². The van der Waals surface area contributed by atoms with Crippen molar-refractivity contribution in [2.45, 2.75) is 31.6 Å². The highest BCUT2D eigenvalue weighted by atomic mass is 32.2. The molecule has 1 fully saturated rings. The quantitative estimate of drug-likeness (QED) is 0.721. The average molecular weight is 455 g/mol. The van der Waals surface area contributed by atoms with Crippen molar-refractivity contribution in [3.63, 3.8) is 0 Å². The summed E-state index contributed by atoms with van der Waals surface area (Å²) < 4.78 is 39.6. The Hall–Kier alpha value is -2.37. The second-order valence-electron chi connectivity index (χ2n) is 6.95. The van der Waals surface area contributed by atoms with Crippen LogP contribution in [0.4, 0.5) is 9.52 Å². The van der Waals surface area contributed by atoms with Crippen LogP contribution in [0.5, 0.6) is 0 Å². The molecule has 1 saturated heterocycles. The molecule has 0 radical (unpaired) electrons. The number of thiazole rings is 1. The zero-order valence-corrected chi connectivity index (χ0v) is 18.4. The second-order valence-corrected chi connectivity index (χ2v) is 10.1. The number of aryl methyl sites for hydroxylation is 2. The topological polar surface area (TPSA) is 99.7 Å². The van der Waals surface area contributed by atoms with Gasteiger partial charge in [0.2, 0.25) is 21.8 Å². The number of carbonyl (C=O) groups excluding carboxylic acids is 2. The van der Waals surface area contributed by atoms with Crippen LogP contribution in [0.15, 0.2) is 29.2 Å². The maximum absolute atomic E-state index is 13.0. The van der Waals surface area contributed by atoms with Crippen molar-refractivity contribution in [3.8, 4) is 0 Å². The van der Waals surface area contributed by atoms with E-state index in [1.54, 1.807) is 4.90 Å². The van der Waals surface area contributed by atoms with E-state index >= 15 is 0 Å². The maximum atomic E-state index is 13.0. The molecule has 3 rings (SSSR count). The van der Waals surface area contributed by atoms with Crippen LogP contribution in [0.25, 0.3) is 0 Å². The van der Waals surface area contributed by atoms with Gasteiger partial charge in [0.05, 0.1) is 10.6 Å². The molecule has 0 aliphatic carbocycles. The normalized spacial score (nSPS) is 15.2. The Kier molecular flexibility index (Phi) is 6.84. The molecule has 0 atom stereocenters. The molecule has 1 aromatic heterocycles. The standard InChI is InChI=1S/C19H23FN4O4S2/c1-13-14(2)29-19(21-13)22-17(25)7-8-18(26)23-9-11-24(12-10-23)30(27,28)16-5-3-15(20)4-6-16/h3-6H,7-12H2,1-2H3,(H,21,22,25). The van der Waals surface area contributed by atoms with E-state index in [9.17, 15) is 22.4 Å². The summed E-state index contributed by atoms with van der Waals surface area (Å²) in [5.41, 5.74) is 0.861. The third-order valence-corrected chi connectivity index (χ3v) is 7.78. The minimum absolute atomic E-state index is 0.0213.